The van der Waals surface area contributed by atoms with Crippen LogP contribution in [0.25, 0.3) is 0 Å². The Morgan fingerprint density at radius 3 is 2.19 bits per heavy atom. The molecule has 0 fully saturated rings. The van der Waals surface area contributed by atoms with Crippen LogP contribution in [0.2, 0.25) is 0 Å². The Morgan fingerprint density at radius 1 is 1.00 bits per heavy atom. The molecule has 0 unspecified atom stereocenters. The minimum atomic E-state index is 0. The number of methoxy groups -OCH3 is 1. The first kappa shape index (κ1) is 15.5. The fraction of sp³-hybridized carbons (Fsp3) is 0.500. The molecule has 0 bridgehead atoms. The van der Waals surface area contributed by atoms with E-state index >= 15 is 0 Å². The van der Waals surface area contributed by atoms with Crippen LogP contribution in [0.4, 0.5) is 0 Å². The fourth-order valence-electron chi connectivity index (χ4n) is 1.25. The Labute approximate surface area is 111 Å². The molecular formula is C12H18O3W. The quantitative estimate of drug-likeness (QED) is 0.722. The van der Waals surface area contributed by atoms with E-state index < -0.39 is 0 Å². The molecule has 3 nitrogen and oxygen atoms in total. The maximum absolute atomic E-state index is 8.59. The van der Waals surface area contributed by atoms with Gasteiger partial charge in [-0.2, -0.15) is 0 Å². The number of aliphatic hydroxyl groups is 1. The largest absolute Gasteiger partial charge is 0.497 e. The third-order valence-electron chi connectivity index (χ3n) is 2.13. The van der Waals surface area contributed by atoms with Gasteiger partial charge in [-0.1, -0.05) is 0 Å². The molecule has 1 aromatic carbocycles. The summed E-state index contributed by atoms with van der Waals surface area (Å²) in [5, 5.41) is 8.59. The summed E-state index contributed by atoms with van der Waals surface area (Å²) in [6.45, 7) is 0.967. The molecule has 1 aromatic rings. The molecule has 4 heteroatoms. The van der Waals surface area contributed by atoms with Crippen LogP contribution in [-0.2, 0) is 21.1 Å². The summed E-state index contributed by atoms with van der Waals surface area (Å²) in [5.41, 5.74) is 0. The fourth-order valence-corrected chi connectivity index (χ4v) is 1.25. The summed E-state index contributed by atoms with van der Waals surface area (Å²) in [6.07, 6.45) is 2.84. The maximum Gasteiger partial charge on any atom is 0.119 e. The predicted octanol–water partition coefficient (Wildman–Crippen LogP) is 2.23. The van der Waals surface area contributed by atoms with Gasteiger partial charge >= 0.3 is 0 Å². The van der Waals surface area contributed by atoms with E-state index in [1.54, 1.807) is 7.11 Å². The number of aliphatic hydroxyl groups excluding tert-OH is 1. The van der Waals surface area contributed by atoms with Gasteiger partial charge in [0.25, 0.3) is 0 Å². The van der Waals surface area contributed by atoms with Crippen LogP contribution in [0, 0.1) is 0 Å². The van der Waals surface area contributed by atoms with E-state index in [4.69, 9.17) is 14.6 Å². The van der Waals surface area contributed by atoms with Gasteiger partial charge in [0.1, 0.15) is 11.5 Å². The Morgan fingerprint density at radius 2 is 1.62 bits per heavy atom. The Hall–Kier alpha value is -0.532. The number of hydrogen-bond acceptors (Lipinski definition) is 3. The predicted molar refractivity (Wildman–Crippen MR) is 59.4 cm³/mol. The summed E-state index contributed by atoms with van der Waals surface area (Å²) < 4.78 is 10.6. The van der Waals surface area contributed by atoms with Crippen LogP contribution >= 0.6 is 0 Å². The van der Waals surface area contributed by atoms with Crippen molar-refractivity contribution in [3.63, 3.8) is 0 Å². The first-order chi connectivity index (χ1) is 7.36. The third-order valence-corrected chi connectivity index (χ3v) is 2.13. The molecule has 90 valence electrons. The Balaban J connectivity index is 0.00000225. The van der Waals surface area contributed by atoms with E-state index in [1.807, 2.05) is 24.3 Å². The zero-order valence-corrected chi connectivity index (χ0v) is 12.5. The van der Waals surface area contributed by atoms with Gasteiger partial charge in [-0.3, -0.25) is 0 Å². The normalized spacial score (nSPS) is 9.38. The second-order valence-electron chi connectivity index (χ2n) is 3.31. The molecule has 1 rings (SSSR count). The molecule has 0 atom stereocenters. The average Bonchev–Trinajstić information content (AvgIpc) is 2.30. The molecule has 0 spiro atoms. The van der Waals surface area contributed by atoms with Crippen molar-refractivity contribution in [2.24, 2.45) is 0 Å². The van der Waals surface area contributed by atoms with Crippen LogP contribution < -0.4 is 9.47 Å². The summed E-state index contributed by atoms with van der Waals surface area (Å²) in [6, 6.07) is 7.54. The van der Waals surface area contributed by atoms with Gasteiger partial charge in [0.2, 0.25) is 0 Å². The second kappa shape index (κ2) is 9.68. The van der Waals surface area contributed by atoms with Gasteiger partial charge in [0.15, 0.2) is 0 Å². The number of unbranched alkanes of at least 4 members (excludes halogenated alkanes) is 2. The van der Waals surface area contributed by atoms with Gasteiger partial charge < -0.3 is 14.6 Å². The Bertz CT molecular complexity index is 261. The summed E-state index contributed by atoms with van der Waals surface area (Å²) in [4.78, 5) is 0. The first-order valence-corrected chi connectivity index (χ1v) is 5.24. The molecule has 0 amide bonds. The molecule has 0 aliphatic heterocycles. The molecule has 0 radical (unpaired) electrons. The zero-order valence-electron chi connectivity index (χ0n) is 9.52. The van der Waals surface area contributed by atoms with Gasteiger partial charge in [-0.25, -0.2) is 0 Å². The minimum absolute atomic E-state index is 0. The molecule has 0 saturated carbocycles. The molecule has 16 heavy (non-hydrogen) atoms. The van der Waals surface area contributed by atoms with Crippen molar-refractivity contribution in [2.45, 2.75) is 19.3 Å². The topological polar surface area (TPSA) is 38.7 Å². The summed E-state index contributed by atoms with van der Waals surface area (Å²) >= 11 is 0. The van der Waals surface area contributed by atoms with Crippen molar-refractivity contribution in [2.75, 3.05) is 20.3 Å². The van der Waals surface area contributed by atoms with Gasteiger partial charge in [0, 0.05) is 27.7 Å². The molecule has 0 aliphatic rings. The average molecular weight is 394 g/mol. The van der Waals surface area contributed by atoms with Gasteiger partial charge in [-0.15, -0.1) is 0 Å². The minimum Gasteiger partial charge on any atom is -0.497 e. The smallest absolute Gasteiger partial charge is 0.119 e. The SMILES string of the molecule is COc1ccc(OCCCCCO)cc1.[W]. The molecular weight excluding hydrogens is 376 g/mol. The van der Waals surface area contributed by atoms with Crippen LogP contribution in [0.15, 0.2) is 24.3 Å². The third kappa shape index (κ3) is 6.14. The van der Waals surface area contributed by atoms with Crippen molar-refractivity contribution in [1.82, 2.24) is 0 Å². The van der Waals surface area contributed by atoms with Crippen LogP contribution in [0.3, 0.4) is 0 Å². The first-order valence-electron chi connectivity index (χ1n) is 5.24. The number of hydrogen-bond donors (Lipinski definition) is 1. The van der Waals surface area contributed by atoms with E-state index in [9.17, 15) is 0 Å². The monoisotopic (exact) mass is 394 g/mol. The van der Waals surface area contributed by atoms with Gasteiger partial charge in [0.05, 0.1) is 13.7 Å². The van der Waals surface area contributed by atoms with Crippen molar-refractivity contribution in [3.8, 4) is 11.5 Å². The molecule has 0 aromatic heterocycles. The Kier molecular flexibility index (Phi) is 9.36. The van der Waals surface area contributed by atoms with Crippen molar-refractivity contribution in [1.29, 1.82) is 0 Å². The zero-order chi connectivity index (χ0) is 10.9. The van der Waals surface area contributed by atoms with E-state index in [1.165, 1.54) is 0 Å². The maximum atomic E-state index is 8.59. The van der Waals surface area contributed by atoms with Crippen molar-refractivity contribution < 1.29 is 35.6 Å². The number of ether oxygens (including phenoxy) is 2. The van der Waals surface area contributed by atoms with Crippen molar-refractivity contribution >= 4 is 0 Å². The number of benzene rings is 1. The molecule has 0 saturated heterocycles. The van der Waals surface area contributed by atoms with Crippen LogP contribution in [0.1, 0.15) is 19.3 Å². The molecule has 0 aliphatic carbocycles. The summed E-state index contributed by atoms with van der Waals surface area (Å²) in [5.74, 6) is 1.70. The van der Waals surface area contributed by atoms with E-state index in [0.29, 0.717) is 6.61 Å². The molecule has 0 heterocycles. The second-order valence-corrected chi connectivity index (χ2v) is 3.31. The summed E-state index contributed by atoms with van der Waals surface area (Å²) in [7, 11) is 1.64. The molecule has 1 N–H and O–H groups in total. The standard InChI is InChI=1S/C12H18O3.W/c1-14-11-5-7-12(8-6-11)15-10-4-2-3-9-13;/h5-8,13H,2-4,9-10H2,1H3;. The van der Waals surface area contributed by atoms with E-state index in [0.717, 1.165) is 30.8 Å². The van der Waals surface area contributed by atoms with Crippen molar-refractivity contribution in [3.05, 3.63) is 24.3 Å². The van der Waals surface area contributed by atoms with Crippen LogP contribution in [-0.4, -0.2) is 25.4 Å². The van der Waals surface area contributed by atoms with E-state index in [-0.39, 0.29) is 27.7 Å². The van der Waals surface area contributed by atoms with Gasteiger partial charge in [-0.05, 0) is 43.5 Å². The van der Waals surface area contributed by atoms with E-state index in [2.05, 4.69) is 0 Å². The van der Waals surface area contributed by atoms with Crippen LogP contribution in [0.5, 0.6) is 11.5 Å². The number of rotatable bonds is 7.